The second kappa shape index (κ2) is 4.62. The van der Waals surface area contributed by atoms with Crippen LogP contribution < -0.4 is 10.2 Å². The average molecular weight is 253 g/mol. The monoisotopic (exact) mass is 253 g/mol. The van der Waals surface area contributed by atoms with Gasteiger partial charge in [-0.05, 0) is 12.8 Å². The standard InChI is InChI=1S/C11H15N3O2S/c15-10-9-8(2-1-3-12-10)13-11(17-9)14-4-6-16-7-5-14/h1-7H2,(H,12,15). The molecule has 1 aromatic heterocycles. The number of carbonyl (C=O) groups is 1. The molecular weight excluding hydrogens is 238 g/mol. The summed E-state index contributed by atoms with van der Waals surface area (Å²) in [6.45, 7) is 3.99. The molecule has 6 heteroatoms. The Kier molecular flexibility index (Phi) is 2.98. The van der Waals surface area contributed by atoms with Crippen molar-refractivity contribution >= 4 is 22.4 Å². The van der Waals surface area contributed by atoms with Gasteiger partial charge in [-0.2, -0.15) is 0 Å². The number of aromatic nitrogens is 1. The van der Waals surface area contributed by atoms with Crippen LogP contribution in [0.1, 0.15) is 21.8 Å². The molecule has 92 valence electrons. The Balaban J connectivity index is 1.87. The van der Waals surface area contributed by atoms with Crippen molar-refractivity contribution in [2.75, 3.05) is 37.7 Å². The van der Waals surface area contributed by atoms with Crippen LogP contribution in [0.3, 0.4) is 0 Å². The minimum absolute atomic E-state index is 0.0366. The molecule has 0 bridgehead atoms. The maximum atomic E-state index is 11.8. The molecule has 5 nitrogen and oxygen atoms in total. The number of rotatable bonds is 1. The van der Waals surface area contributed by atoms with E-state index in [4.69, 9.17) is 4.74 Å². The van der Waals surface area contributed by atoms with E-state index in [1.165, 1.54) is 11.3 Å². The molecule has 0 spiro atoms. The molecule has 0 aromatic carbocycles. The van der Waals surface area contributed by atoms with Gasteiger partial charge in [0.25, 0.3) is 5.91 Å². The second-order valence-electron chi connectivity index (χ2n) is 4.23. The van der Waals surface area contributed by atoms with Crippen molar-refractivity contribution in [2.45, 2.75) is 12.8 Å². The molecule has 0 atom stereocenters. The number of hydrogen-bond acceptors (Lipinski definition) is 5. The Morgan fingerprint density at radius 3 is 3.00 bits per heavy atom. The highest BCUT2D eigenvalue weighted by Gasteiger charge is 2.23. The van der Waals surface area contributed by atoms with Crippen molar-refractivity contribution in [1.82, 2.24) is 10.3 Å². The van der Waals surface area contributed by atoms with E-state index in [1.807, 2.05) is 0 Å². The van der Waals surface area contributed by atoms with E-state index in [0.29, 0.717) is 0 Å². The quantitative estimate of drug-likeness (QED) is 0.798. The number of nitrogens with one attached hydrogen (secondary N) is 1. The number of aryl methyl sites for hydroxylation is 1. The van der Waals surface area contributed by atoms with Crippen LogP contribution in [-0.2, 0) is 11.2 Å². The largest absolute Gasteiger partial charge is 0.378 e. The Hall–Kier alpha value is -1.14. The highest BCUT2D eigenvalue weighted by Crippen LogP contribution is 2.28. The van der Waals surface area contributed by atoms with Crippen molar-refractivity contribution in [3.63, 3.8) is 0 Å². The Labute approximate surface area is 104 Å². The van der Waals surface area contributed by atoms with E-state index in [-0.39, 0.29) is 5.91 Å². The van der Waals surface area contributed by atoms with Crippen LogP contribution in [0, 0.1) is 0 Å². The molecular formula is C11H15N3O2S. The smallest absolute Gasteiger partial charge is 0.263 e. The number of anilines is 1. The number of ether oxygens (including phenoxy) is 1. The Bertz CT molecular complexity index is 426. The minimum atomic E-state index is 0.0366. The zero-order valence-electron chi connectivity index (χ0n) is 9.57. The van der Waals surface area contributed by atoms with Gasteiger partial charge in [-0.15, -0.1) is 0 Å². The molecule has 2 aliphatic rings. The zero-order valence-corrected chi connectivity index (χ0v) is 10.4. The molecule has 0 saturated carbocycles. The fourth-order valence-corrected chi connectivity index (χ4v) is 3.19. The lowest BCUT2D eigenvalue weighted by Crippen LogP contribution is -2.36. The fourth-order valence-electron chi connectivity index (χ4n) is 2.11. The molecule has 0 unspecified atom stereocenters. The van der Waals surface area contributed by atoms with Crippen LogP contribution in [0.2, 0.25) is 0 Å². The third kappa shape index (κ3) is 2.14. The summed E-state index contributed by atoms with van der Waals surface area (Å²) in [6, 6.07) is 0. The molecule has 1 aromatic rings. The van der Waals surface area contributed by atoms with Crippen LogP contribution in [0.15, 0.2) is 0 Å². The first-order valence-electron chi connectivity index (χ1n) is 5.95. The molecule has 1 fully saturated rings. The van der Waals surface area contributed by atoms with Crippen LogP contribution in [0.4, 0.5) is 5.13 Å². The third-order valence-corrected chi connectivity index (χ3v) is 4.21. The lowest BCUT2D eigenvalue weighted by Gasteiger charge is -2.26. The summed E-state index contributed by atoms with van der Waals surface area (Å²) in [5.41, 5.74) is 0.964. The summed E-state index contributed by atoms with van der Waals surface area (Å²) >= 11 is 1.51. The van der Waals surface area contributed by atoms with Crippen molar-refractivity contribution in [3.8, 4) is 0 Å². The summed E-state index contributed by atoms with van der Waals surface area (Å²) in [5.74, 6) is 0.0366. The highest BCUT2D eigenvalue weighted by molar-refractivity contribution is 7.17. The Morgan fingerprint density at radius 1 is 1.35 bits per heavy atom. The fraction of sp³-hybridized carbons (Fsp3) is 0.636. The van der Waals surface area contributed by atoms with Gasteiger partial charge in [-0.25, -0.2) is 4.98 Å². The van der Waals surface area contributed by atoms with Crippen LogP contribution in [0.5, 0.6) is 0 Å². The number of amides is 1. The van der Waals surface area contributed by atoms with Gasteiger partial charge in [-0.3, -0.25) is 4.79 Å². The topological polar surface area (TPSA) is 54.5 Å². The number of carbonyl (C=O) groups excluding carboxylic acids is 1. The van der Waals surface area contributed by atoms with Gasteiger partial charge < -0.3 is 15.0 Å². The first kappa shape index (κ1) is 11.0. The van der Waals surface area contributed by atoms with Gasteiger partial charge in [-0.1, -0.05) is 11.3 Å². The summed E-state index contributed by atoms with van der Waals surface area (Å²) in [7, 11) is 0. The molecule has 0 radical (unpaired) electrons. The Morgan fingerprint density at radius 2 is 2.18 bits per heavy atom. The van der Waals surface area contributed by atoms with E-state index < -0.39 is 0 Å². The molecule has 1 N–H and O–H groups in total. The lowest BCUT2D eigenvalue weighted by atomic mass is 10.2. The lowest BCUT2D eigenvalue weighted by molar-refractivity contribution is 0.0960. The molecule has 2 aliphatic heterocycles. The number of morpholine rings is 1. The zero-order chi connectivity index (χ0) is 11.7. The minimum Gasteiger partial charge on any atom is -0.378 e. The molecule has 1 amide bonds. The van der Waals surface area contributed by atoms with E-state index in [1.54, 1.807) is 0 Å². The van der Waals surface area contributed by atoms with E-state index >= 15 is 0 Å². The number of fused-ring (bicyclic) bond motifs is 1. The third-order valence-electron chi connectivity index (χ3n) is 3.05. The van der Waals surface area contributed by atoms with Gasteiger partial charge in [0, 0.05) is 19.6 Å². The first-order chi connectivity index (χ1) is 8.34. The second-order valence-corrected chi connectivity index (χ2v) is 5.21. The van der Waals surface area contributed by atoms with Crippen molar-refractivity contribution in [1.29, 1.82) is 0 Å². The predicted molar refractivity (Wildman–Crippen MR) is 65.8 cm³/mol. The van der Waals surface area contributed by atoms with Crippen LogP contribution in [-0.4, -0.2) is 43.7 Å². The van der Waals surface area contributed by atoms with Crippen LogP contribution in [0.25, 0.3) is 0 Å². The summed E-state index contributed by atoms with van der Waals surface area (Å²) < 4.78 is 5.32. The van der Waals surface area contributed by atoms with Crippen molar-refractivity contribution < 1.29 is 9.53 Å². The number of hydrogen-bond donors (Lipinski definition) is 1. The first-order valence-corrected chi connectivity index (χ1v) is 6.77. The summed E-state index contributed by atoms with van der Waals surface area (Å²) in [6.07, 6.45) is 1.87. The average Bonchev–Trinajstić information content (AvgIpc) is 2.72. The van der Waals surface area contributed by atoms with E-state index in [9.17, 15) is 4.79 Å². The highest BCUT2D eigenvalue weighted by atomic mass is 32.1. The summed E-state index contributed by atoms with van der Waals surface area (Å²) in [4.78, 5) is 19.4. The normalized spacial score (nSPS) is 20.7. The maximum absolute atomic E-state index is 11.8. The molecule has 1 saturated heterocycles. The van der Waals surface area contributed by atoms with Gasteiger partial charge >= 0.3 is 0 Å². The van der Waals surface area contributed by atoms with Crippen molar-refractivity contribution in [2.24, 2.45) is 0 Å². The molecule has 17 heavy (non-hydrogen) atoms. The number of nitrogens with zero attached hydrogens (tertiary/aromatic N) is 2. The van der Waals surface area contributed by atoms with Gasteiger partial charge in [0.05, 0.1) is 18.9 Å². The number of thiazole rings is 1. The molecule has 0 aliphatic carbocycles. The van der Waals surface area contributed by atoms with Gasteiger partial charge in [0.2, 0.25) is 0 Å². The molecule has 3 rings (SSSR count). The SMILES string of the molecule is O=C1NCCCc2nc(N3CCOCC3)sc21. The maximum Gasteiger partial charge on any atom is 0.263 e. The van der Waals surface area contributed by atoms with Gasteiger partial charge in [0.1, 0.15) is 4.88 Å². The molecule has 3 heterocycles. The van der Waals surface area contributed by atoms with Gasteiger partial charge in [0.15, 0.2) is 5.13 Å². The van der Waals surface area contributed by atoms with E-state index in [0.717, 1.165) is 61.4 Å². The van der Waals surface area contributed by atoms with Crippen molar-refractivity contribution in [3.05, 3.63) is 10.6 Å². The van der Waals surface area contributed by atoms with Crippen LogP contribution >= 0.6 is 11.3 Å². The summed E-state index contributed by atoms with van der Waals surface area (Å²) in [5, 5.41) is 3.87. The predicted octanol–water partition coefficient (Wildman–Crippen LogP) is 0.656. The van der Waals surface area contributed by atoms with E-state index in [2.05, 4.69) is 15.2 Å².